The van der Waals surface area contributed by atoms with Crippen molar-refractivity contribution < 1.29 is 31.9 Å². The maximum atomic E-state index is 14.4. The van der Waals surface area contributed by atoms with Crippen molar-refractivity contribution in [2.45, 2.75) is 18.8 Å². The molecule has 2 aromatic carbocycles. The summed E-state index contributed by atoms with van der Waals surface area (Å²) in [5.41, 5.74) is -0.404. The van der Waals surface area contributed by atoms with Crippen LogP contribution in [0.3, 0.4) is 0 Å². The second-order valence-electron chi connectivity index (χ2n) is 7.48. The Morgan fingerprint density at radius 2 is 1.74 bits per heavy atom. The second kappa shape index (κ2) is 8.12. The van der Waals surface area contributed by atoms with Crippen LogP contribution in [0, 0.1) is 11.7 Å². The van der Waals surface area contributed by atoms with Gasteiger partial charge in [0, 0.05) is 17.5 Å². The second-order valence-corrected chi connectivity index (χ2v) is 7.92. The zero-order valence-corrected chi connectivity index (χ0v) is 16.8. The monoisotopic (exact) mass is 456 g/mol. The minimum absolute atomic E-state index is 0.0409. The van der Waals surface area contributed by atoms with Gasteiger partial charge in [-0.05, 0) is 35.9 Å². The molecule has 0 aromatic heterocycles. The van der Waals surface area contributed by atoms with E-state index in [1.165, 1.54) is 29.2 Å². The highest BCUT2D eigenvalue weighted by Crippen LogP contribution is 2.33. The number of hydrogen-bond donors (Lipinski definition) is 0. The normalized spacial score (nSPS) is 20.2. The third-order valence-corrected chi connectivity index (χ3v) is 5.65. The number of anilines is 1. The van der Waals surface area contributed by atoms with E-state index in [1.807, 2.05) is 0 Å². The fourth-order valence-electron chi connectivity index (χ4n) is 3.73. The van der Waals surface area contributed by atoms with Gasteiger partial charge in [0.1, 0.15) is 18.4 Å². The summed E-state index contributed by atoms with van der Waals surface area (Å²) >= 11 is 5.78. The Balaban J connectivity index is 1.61. The molecule has 0 unspecified atom stereocenters. The predicted molar refractivity (Wildman–Crippen MR) is 104 cm³/mol. The molecule has 164 valence electrons. The molecule has 2 aliphatic rings. The van der Waals surface area contributed by atoms with Gasteiger partial charge in [-0.15, -0.1) is 0 Å². The van der Waals surface area contributed by atoms with E-state index in [9.17, 15) is 27.2 Å². The van der Waals surface area contributed by atoms with E-state index in [2.05, 4.69) is 0 Å². The number of halogens is 5. The van der Waals surface area contributed by atoms with Gasteiger partial charge in [0.05, 0.1) is 24.5 Å². The minimum atomic E-state index is -4.47. The summed E-state index contributed by atoms with van der Waals surface area (Å²) < 4.78 is 58.0. The van der Waals surface area contributed by atoms with E-state index in [0.29, 0.717) is 5.56 Å². The van der Waals surface area contributed by atoms with Crippen LogP contribution in [-0.4, -0.2) is 42.5 Å². The third-order valence-electron chi connectivity index (χ3n) is 5.41. The number of alkyl halides is 3. The van der Waals surface area contributed by atoms with Gasteiger partial charge in [-0.2, -0.15) is 13.2 Å². The van der Waals surface area contributed by atoms with Gasteiger partial charge >= 0.3 is 6.18 Å². The molecule has 2 fully saturated rings. The van der Waals surface area contributed by atoms with E-state index in [4.69, 9.17) is 16.3 Å². The van der Waals surface area contributed by atoms with Crippen LogP contribution in [0.1, 0.15) is 11.1 Å². The number of amides is 2. The number of hydrogen-bond acceptors (Lipinski definition) is 3. The van der Waals surface area contributed by atoms with Gasteiger partial charge in [0.15, 0.2) is 0 Å². The average Bonchev–Trinajstić information content (AvgIpc) is 2.66. The predicted octanol–water partition coefficient (Wildman–Crippen LogP) is 3.89. The number of rotatable bonds is 4. The molecule has 0 radical (unpaired) electrons. The van der Waals surface area contributed by atoms with Gasteiger partial charge in [-0.3, -0.25) is 14.5 Å². The van der Waals surface area contributed by atoms with Crippen molar-refractivity contribution in [1.29, 1.82) is 0 Å². The molecule has 5 nitrogen and oxygen atoms in total. The molecule has 0 saturated carbocycles. The molecule has 2 heterocycles. The first kappa shape index (κ1) is 21.6. The molecule has 10 heteroatoms. The first-order chi connectivity index (χ1) is 14.6. The van der Waals surface area contributed by atoms with E-state index in [0.717, 1.165) is 23.1 Å². The Morgan fingerprint density at radius 3 is 2.29 bits per heavy atom. The van der Waals surface area contributed by atoms with Gasteiger partial charge < -0.3 is 9.64 Å². The molecule has 31 heavy (non-hydrogen) atoms. The lowest BCUT2D eigenvalue weighted by Crippen LogP contribution is -2.65. The van der Waals surface area contributed by atoms with Crippen LogP contribution in [0.2, 0.25) is 5.02 Å². The van der Waals surface area contributed by atoms with Crippen molar-refractivity contribution >= 4 is 29.1 Å². The van der Waals surface area contributed by atoms with Crippen molar-refractivity contribution in [3.63, 3.8) is 0 Å². The first-order valence-electron chi connectivity index (χ1n) is 9.45. The maximum Gasteiger partial charge on any atom is 0.416 e. The molecular weight excluding hydrogens is 440 g/mol. The summed E-state index contributed by atoms with van der Waals surface area (Å²) in [6.45, 7) is 0.0805. The number of carbonyl (C=O) groups excluding carboxylic acids is 2. The van der Waals surface area contributed by atoms with Gasteiger partial charge in [0.2, 0.25) is 5.91 Å². The number of nitrogens with zero attached hydrogens (tertiary/aromatic N) is 2. The van der Waals surface area contributed by atoms with Crippen molar-refractivity contribution in [3.8, 4) is 0 Å². The molecule has 2 amide bonds. The molecule has 0 aliphatic carbocycles. The van der Waals surface area contributed by atoms with Crippen LogP contribution >= 0.6 is 11.6 Å². The van der Waals surface area contributed by atoms with E-state index in [-0.39, 0.29) is 42.9 Å². The fraction of sp³-hybridized carbons (Fsp3) is 0.333. The minimum Gasteiger partial charge on any atom is -0.380 e. The highest BCUT2D eigenvalue weighted by molar-refractivity contribution is 6.30. The third kappa shape index (κ3) is 4.24. The summed E-state index contributed by atoms with van der Waals surface area (Å²) in [4.78, 5) is 28.6. The summed E-state index contributed by atoms with van der Waals surface area (Å²) in [7, 11) is 0. The molecule has 0 N–H and O–H groups in total. The van der Waals surface area contributed by atoms with Crippen LogP contribution in [0.25, 0.3) is 0 Å². The molecule has 1 atom stereocenters. The van der Waals surface area contributed by atoms with Gasteiger partial charge in [-0.1, -0.05) is 23.7 Å². The van der Waals surface area contributed by atoms with Crippen LogP contribution in [0.4, 0.5) is 23.2 Å². The summed E-state index contributed by atoms with van der Waals surface area (Å²) in [5.74, 6) is -1.93. The largest absolute Gasteiger partial charge is 0.416 e. The van der Waals surface area contributed by atoms with E-state index < -0.39 is 35.4 Å². The Kier molecular flexibility index (Phi) is 5.65. The lowest BCUT2D eigenvalue weighted by atomic mass is 9.92. The Hall–Kier alpha value is -2.65. The summed E-state index contributed by atoms with van der Waals surface area (Å²) in [6.07, 6.45) is -4.47. The summed E-state index contributed by atoms with van der Waals surface area (Å²) in [5, 5.41) is 0.157. The number of ether oxygens (including phenoxy) is 1. The zero-order valence-electron chi connectivity index (χ0n) is 16.0. The average molecular weight is 457 g/mol. The quantitative estimate of drug-likeness (QED) is 0.656. The van der Waals surface area contributed by atoms with Crippen molar-refractivity contribution in [1.82, 2.24) is 4.90 Å². The SMILES string of the molecule is O=C1[C@H](C2COC2)N(Cc2ccc(C(F)(F)F)cc2)C(=O)CN1c1ccc(Cl)cc1F. The zero-order chi connectivity index (χ0) is 22.3. The lowest BCUT2D eigenvalue weighted by Gasteiger charge is -2.45. The fourth-order valence-corrected chi connectivity index (χ4v) is 3.89. The first-order valence-corrected chi connectivity index (χ1v) is 9.82. The molecule has 4 rings (SSSR count). The Labute approximate surface area is 180 Å². The number of benzene rings is 2. The van der Waals surface area contributed by atoms with Crippen LogP contribution in [0.5, 0.6) is 0 Å². The molecule has 2 aliphatic heterocycles. The summed E-state index contributed by atoms with van der Waals surface area (Å²) in [6, 6.07) is 7.33. The van der Waals surface area contributed by atoms with E-state index >= 15 is 0 Å². The van der Waals surface area contributed by atoms with Gasteiger partial charge in [0.25, 0.3) is 5.91 Å². The Bertz CT molecular complexity index is 1010. The van der Waals surface area contributed by atoms with E-state index in [1.54, 1.807) is 0 Å². The van der Waals surface area contributed by atoms with Crippen LogP contribution in [-0.2, 0) is 27.0 Å². The standard InChI is InChI=1S/C21H17ClF4N2O3/c22-15-5-6-17(16(23)7-15)27-9-18(29)28(19(20(27)30)13-10-31-11-13)8-12-1-3-14(4-2-12)21(24,25)26/h1-7,13,19H,8-11H2/t19-/m0/s1. The molecule has 2 saturated heterocycles. The molecule has 2 aromatic rings. The van der Waals surface area contributed by atoms with Crippen molar-refractivity contribution in [3.05, 3.63) is 64.4 Å². The highest BCUT2D eigenvalue weighted by Gasteiger charge is 2.47. The van der Waals surface area contributed by atoms with Crippen molar-refractivity contribution in [2.75, 3.05) is 24.7 Å². The van der Waals surface area contributed by atoms with Crippen LogP contribution in [0.15, 0.2) is 42.5 Å². The smallest absolute Gasteiger partial charge is 0.380 e. The highest BCUT2D eigenvalue weighted by atomic mass is 35.5. The maximum absolute atomic E-state index is 14.4. The van der Waals surface area contributed by atoms with Crippen LogP contribution < -0.4 is 4.90 Å². The van der Waals surface area contributed by atoms with Gasteiger partial charge in [-0.25, -0.2) is 4.39 Å². The van der Waals surface area contributed by atoms with Crippen molar-refractivity contribution in [2.24, 2.45) is 5.92 Å². The molecular formula is C21H17ClF4N2O3. The molecule has 0 bridgehead atoms. The molecule has 0 spiro atoms. The lowest BCUT2D eigenvalue weighted by molar-refractivity contribution is -0.155. The Morgan fingerprint density at radius 1 is 1.06 bits per heavy atom. The number of piperazine rings is 1. The topological polar surface area (TPSA) is 49.9 Å². The number of carbonyl (C=O) groups is 2.